The first-order chi connectivity index (χ1) is 14.2. The van der Waals surface area contributed by atoms with Gasteiger partial charge in [-0.1, -0.05) is 0 Å². The van der Waals surface area contributed by atoms with E-state index in [0.29, 0.717) is 36.5 Å². The Balaban J connectivity index is 0.00000136. The Morgan fingerprint density at radius 3 is 2.61 bits per heavy atom. The minimum atomic E-state index is -0.0332. The fraction of sp³-hybridized carbons (Fsp3) is 0.435. The summed E-state index contributed by atoms with van der Waals surface area (Å²) in [6.45, 7) is 0.651. The van der Waals surface area contributed by atoms with Gasteiger partial charge in [0.2, 0.25) is 5.91 Å². The summed E-state index contributed by atoms with van der Waals surface area (Å²) in [4.78, 5) is 31.2. The molecule has 1 aromatic carbocycles. The topological polar surface area (TPSA) is 74.3 Å². The molecule has 2 unspecified atom stereocenters. The van der Waals surface area contributed by atoms with Gasteiger partial charge in [-0.3, -0.25) is 14.6 Å². The van der Waals surface area contributed by atoms with E-state index in [4.69, 9.17) is 0 Å². The molecular formula is C23H28Cl2N4O2. The van der Waals surface area contributed by atoms with Crippen LogP contribution in [0.4, 0.5) is 11.4 Å². The minimum absolute atomic E-state index is 0. The number of benzene rings is 1. The number of rotatable bonds is 4. The van der Waals surface area contributed by atoms with E-state index in [2.05, 4.69) is 15.6 Å². The Kier molecular flexibility index (Phi) is 7.57. The van der Waals surface area contributed by atoms with Crippen molar-refractivity contribution in [2.75, 3.05) is 16.8 Å². The first-order valence-electron chi connectivity index (χ1n) is 10.6. The highest BCUT2D eigenvalue weighted by molar-refractivity contribution is 6.07. The molecule has 2 N–H and O–H groups in total. The number of aromatic nitrogens is 1. The van der Waals surface area contributed by atoms with Crippen LogP contribution in [0.1, 0.15) is 48.0 Å². The molecule has 4 heterocycles. The summed E-state index contributed by atoms with van der Waals surface area (Å²) in [5.74, 6) is 0.544. The molecule has 2 atom stereocenters. The van der Waals surface area contributed by atoms with Crippen molar-refractivity contribution in [1.29, 1.82) is 0 Å². The van der Waals surface area contributed by atoms with Crippen molar-refractivity contribution in [2.24, 2.45) is 5.92 Å². The molecule has 0 aliphatic carbocycles. The van der Waals surface area contributed by atoms with Gasteiger partial charge in [0.25, 0.3) is 5.91 Å². The maximum absolute atomic E-state index is 12.8. The normalized spacial score (nSPS) is 23.4. The summed E-state index contributed by atoms with van der Waals surface area (Å²) < 4.78 is 0. The predicted molar refractivity (Wildman–Crippen MR) is 126 cm³/mol. The smallest absolute Gasteiger partial charge is 0.259 e. The van der Waals surface area contributed by atoms with Crippen LogP contribution in [0.3, 0.4) is 0 Å². The van der Waals surface area contributed by atoms with E-state index >= 15 is 0 Å². The molecule has 2 fully saturated rings. The van der Waals surface area contributed by atoms with Crippen molar-refractivity contribution in [1.82, 2.24) is 10.3 Å². The molecule has 166 valence electrons. The van der Waals surface area contributed by atoms with E-state index in [0.717, 1.165) is 36.2 Å². The Labute approximate surface area is 195 Å². The van der Waals surface area contributed by atoms with Gasteiger partial charge in [0.1, 0.15) is 0 Å². The van der Waals surface area contributed by atoms with Gasteiger partial charge in [-0.2, -0.15) is 0 Å². The molecule has 3 aliphatic rings. The number of amides is 2. The number of pyridine rings is 1. The molecule has 0 saturated carbocycles. The average molecular weight is 463 g/mol. The maximum atomic E-state index is 12.8. The number of anilines is 2. The monoisotopic (exact) mass is 462 g/mol. The molecule has 2 bridgehead atoms. The standard InChI is InChI=1S/C23H26N4O2.2ClH/c28-22(12-15-10-18-3-4-19(11-15)25-18)26-20-5-6-21-16(13-20)7-9-27(21)23(29)17-2-1-8-24-14-17;;/h1-2,5-6,8,13-15,18-19,25H,3-4,7,9-12H2,(H,26,28);2*1H. The van der Waals surface area contributed by atoms with E-state index in [1.165, 1.54) is 12.8 Å². The Bertz CT molecular complexity index is 928. The van der Waals surface area contributed by atoms with Crippen molar-refractivity contribution < 1.29 is 9.59 Å². The number of hydrogen-bond acceptors (Lipinski definition) is 4. The summed E-state index contributed by atoms with van der Waals surface area (Å²) in [6.07, 6.45) is 9.38. The highest BCUT2D eigenvalue weighted by atomic mass is 35.5. The zero-order chi connectivity index (χ0) is 19.8. The van der Waals surface area contributed by atoms with Crippen LogP contribution in [0.15, 0.2) is 42.7 Å². The van der Waals surface area contributed by atoms with Crippen LogP contribution in [-0.2, 0) is 11.2 Å². The fourth-order valence-electron chi connectivity index (χ4n) is 5.15. The molecule has 5 rings (SSSR count). The summed E-state index contributed by atoms with van der Waals surface area (Å²) in [6, 6.07) is 10.6. The number of nitrogens with zero attached hydrogens (tertiary/aromatic N) is 2. The van der Waals surface area contributed by atoms with Gasteiger partial charge >= 0.3 is 0 Å². The third kappa shape index (κ3) is 5.03. The van der Waals surface area contributed by atoms with Gasteiger partial charge in [0.05, 0.1) is 5.56 Å². The van der Waals surface area contributed by atoms with Gasteiger partial charge in [0, 0.05) is 48.8 Å². The van der Waals surface area contributed by atoms with Gasteiger partial charge in [-0.25, -0.2) is 0 Å². The van der Waals surface area contributed by atoms with Gasteiger partial charge < -0.3 is 15.5 Å². The molecule has 8 heteroatoms. The summed E-state index contributed by atoms with van der Waals surface area (Å²) >= 11 is 0. The van der Waals surface area contributed by atoms with Crippen LogP contribution in [0, 0.1) is 5.92 Å². The third-order valence-corrected chi connectivity index (χ3v) is 6.46. The molecule has 1 aromatic heterocycles. The molecule has 0 spiro atoms. The summed E-state index contributed by atoms with van der Waals surface area (Å²) in [5.41, 5.74) is 3.43. The molecule has 2 aromatic rings. The largest absolute Gasteiger partial charge is 0.326 e. The second kappa shape index (κ2) is 9.98. The maximum Gasteiger partial charge on any atom is 0.259 e. The zero-order valence-electron chi connectivity index (χ0n) is 17.3. The highest BCUT2D eigenvalue weighted by Gasteiger charge is 2.34. The number of hydrogen-bond donors (Lipinski definition) is 2. The molecule has 6 nitrogen and oxygen atoms in total. The number of carbonyl (C=O) groups is 2. The highest BCUT2D eigenvalue weighted by Crippen LogP contribution is 2.34. The first-order valence-corrected chi connectivity index (χ1v) is 10.6. The lowest BCUT2D eigenvalue weighted by Gasteiger charge is -2.28. The lowest BCUT2D eigenvalue weighted by atomic mass is 9.89. The van der Waals surface area contributed by atoms with Crippen LogP contribution in [0.5, 0.6) is 0 Å². The molecule has 31 heavy (non-hydrogen) atoms. The van der Waals surface area contributed by atoms with Crippen molar-refractivity contribution in [3.8, 4) is 0 Å². The molecule has 3 aliphatic heterocycles. The number of halogens is 2. The molecular weight excluding hydrogens is 435 g/mol. The lowest BCUT2D eigenvalue weighted by Crippen LogP contribution is -2.39. The molecule has 2 amide bonds. The van der Waals surface area contributed by atoms with E-state index in [-0.39, 0.29) is 36.6 Å². The second-order valence-electron chi connectivity index (χ2n) is 8.52. The van der Waals surface area contributed by atoms with Crippen LogP contribution < -0.4 is 15.5 Å². The molecule has 0 radical (unpaired) electrons. The molecule has 2 saturated heterocycles. The summed E-state index contributed by atoms with van der Waals surface area (Å²) in [5, 5.41) is 6.70. The number of nitrogens with one attached hydrogen (secondary N) is 2. The number of carbonyl (C=O) groups excluding carboxylic acids is 2. The Morgan fingerprint density at radius 2 is 1.90 bits per heavy atom. The van der Waals surface area contributed by atoms with Gasteiger partial charge in [-0.15, -0.1) is 24.8 Å². The van der Waals surface area contributed by atoms with Crippen LogP contribution >= 0.6 is 24.8 Å². The SMILES string of the molecule is Cl.Cl.O=C(CC1CC2CCC(C1)N2)Nc1ccc2c(c1)CCN2C(=O)c1cccnc1. The van der Waals surface area contributed by atoms with Crippen LogP contribution in [0.25, 0.3) is 0 Å². The number of piperidine rings is 1. The van der Waals surface area contributed by atoms with E-state index in [1.807, 2.05) is 18.2 Å². The third-order valence-electron chi connectivity index (χ3n) is 6.46. The fourth-order valence-corrected chi connectivity index (χ4v) is 5.15. The first kappa shape index (κ1) is 23.5. The lowest BCUT2D eigenvalue weighted by molar-refractivity contribution is -0.117. The summed E-state index contributed by atoms with van der Waals surface area (Å²) in [7, 11) is 0. The van der Waals surface area contributed by atoms with Crippen LogP contribution in [0.2, 0.25) is 0 Å². The van der Waals surface area contributed by atoms with E-state index in [9.17, 15) is 9.59 Å². The Morgan fingerprint density at radius 1 is 1.13 bits per heavy atom. The quantitative estimate of drug-likeness (QED) is 0.719. The van der Waals surface area contributed by atoms with Crippen molar-refractivity contribution in [3.05, 3.63) is 53.9 Å². The van der Waals surface area contributed by atoms with Crippen molar-refractivity contribution >= 4 is 48.0 Å². The average Bonchev–Trinajstić information content (AvgIpc) is 3.30. The van der Waals surface area contributed by atoms with Gasteiger partial charge in [-0.05, 0) is 73.9 Å². The van der Waals surface area contributed by atoms with Crippen LogP contribution in [-0.4, -0.2) is 35.4 Å². The van der Waals surface area contributed by atoms with Crippen molar-refractivity contribution in [3.63, 3.8) is 0 Å². The number of fused-ring (bicyclic) bond motifs is 3. The Hall–Kier alpha value is -2.15. The van der Waals surface area contributed by atoms with Gasteiger partial charge in [0.15, 0.2) is 0 Å². The predicted octanol–water partition coefficient (Wildman–Crippen LogP) is 3.99. The zero-order valence-corrected chi connectivity index (χ0v) is 18.9. The van der Waals surface area contributed by atoms with E-state index < -0.39 is 0 Å². The minimum Gasteiger partial charge on any atom is -0.326 e. The van der Waals surface area contributed by atoms with E-state index in [1.54, 1.807) is 29.4 Å². The van der Waals surface area contributed by atoms with Crippen molar-refractivity contribution in [2.45, 2.75) is 50.6 Å². The second-order valence-corrected chi connectivity index (χ2v) is 8.52.